The molecule has 0 radical (unpaired) electrons. The van der Waals surface area contributed by atoms with E-state index in [0.29, 0.717) is 19.1 Å². The minimum Gasteiger partial charge on any atom is -0.481 e. The first-order valence-corrected chi connectivity index (χ1v) is 7.85. The third-order valence-corrected chi connectivity index (χ3v) is 5.45. The average molecular weight is 317 g/mol. The molecular weight excluding hydrogens is 292 g/mol. The molecule has 3 aliphatic rings. The Kier molecular flexibility index (Phi) is 5.15. The summed E-state index contributed by atoms with van der Waals surface area (Å²) in [5.74, 6) is -0.365. The van der Waals surface area contributed by atoms with Crippen molar-refractivity contribution in [1.82, 2.24) is 10.2 Å². The molecule has 1 heterocycles. The van der Waals surface area contributed by atoms with Crippen molar-refractivity contribution in [3.63, 3.8) is 0 Å². The smallest absolute Gasteiger partial charge is 0.311 e. The number of carboxylic acid groups (broad SMARTS) is 1. The number of carboxylic acids is 1. The second-order valence-electron chi connectivity index (χ2n) is 6.77. The van der Waals surface area contributed by atoms with E-state index < -0.39 is 11.4 Å². The number of rotatable bonds is 4. The lowest BCUT2D eigenvalue weighted by atomic mass is 9.81. The number of halogens is 1. The van der Waals surface area contributed by atoms with Crippen molar-refractivity contribution in [2.45, 2.75) is 51.0 Å². The van der Waals surface area contributed by atoms with E-state index in [2.05, 4.69) is 5.32 Å². The lowest BCUT2D eigenvalue weighted by Gasteiger charge is -2.23. The Labute approximate surface area is 131 Å². The van der Waals surface area contributed by atoms with E-state index in [1.807, 2.05) is 4.90 Å². The van der Waals surface area contributed by atoms with Gasteiger partial charge in [-0.15, -0.1) is 12.4 Å². The van der Waals surface area contributed by atoms with Gasteiger partial charge in [0.15, 0.2) is 0 Å². The SMILES string of the molecule is Cl.O=C(CN1C[C@@H]2CCC[C@@]2(C(=O)O)C1)NC1CCCC1. The average Bonchev–Trinajstić information content (AvgIpc) is 3.03. The van der Waals surface area contributed by atoms with Crippen LogP contribution in [0.1, 0.15) is 44.9 Å². The molecule has 2 N–H and O–H groups in total. The third-order valence-electron chi connectivity index (χ3n) is 5.45. The van der Waals surface area contributed by atoms with Crippen LogP contribution in [0, 0.1) is 11.3 Å². The monoisotopic (exact) mass is 316 g/mol. The van der Waals surface area contributed by atoms with Gasteiger partial charge in [0.05, 0.1) is 12.0 Å². The molecule has 0 aromatic carbocycles. The van der Waals surface area contributed by atoms with Gasteiger partial charge in [-0.3, -0.25) is 14.5 Å². The molecule has 0 aromatic heterocycles. The summed E-state index contributed by atoms with van der Waals surface area (Å²) in [6, 6.07) is 0.345. The zero-order valence-corrected chi connectivity index (χ0v) is 13.2. The molecule has 2 atom stereocenters. The molecule has 1 amide bonds. The van der Waals surface area contributed by atoms with Gasteiger partial charge in [0.2, 0.25) is 5.91 Å². The second-order valence-corrected chi connectivity index (χ2v) is 6.77. The highest BCUT2D eigenvalue weighted by atomic mass is 35.5. The van der Waals surface area contributed by atoms with Gasteiger partial charge < -0.3 is 10.4 Å². The standard InChI is InChI=1S/C15H24N2O3.ClH/c18-13(16-12-5-1-2-6-12)9-17-8-11-4-3-7-15(11,10-17)14(19)20;/h11-12H,1-10H2,(H,16,18)(H,19,20);1H/t11-,15+;/m0./s1. The molecular formula is C15H25ClN2O3. The zero-order valence-electron chi connectivity index (χ0n) is 12.3. The predicted octanol–water partition coefficient (Wildman–Crippen LogP) is 1.65. The maximum atomic E-state index is 12.0. The second kappa shape index (κ2) is 6.53. The molecule has 3 rings (SSSR count). The van der Waals surface area contributed by atoms with Gasteiger partial charge in [-0.2, -0.15) is 0 Å². The van der Waals surface area contributed by atoms with Crippen molar-refractivity contribution in [3.05, 3.63) is 0 Å². The summed E-state index contributed by atoms with van der Waals surface area (Å²) in [5, 5.41) is 12.6. The van der Waals surface area contributed by atoms with Gasteiger partial charge in [-0.1, -0.05) is 19.3 Å². The number of hydrogen-bond acceptors (Lipinski definition) is 3. The fraction of sp³-hybridized carbons (Fsp3) is 0.867. The van der Waals surface area contributed by atoms with E-state index >= 15 is 0 Å². The molecule has 1 aliphatic heterocycles. The highest BCUT2D eigenvalue weighted by molar-refractivity contribution is 5.85. The van der Waals surface area contributed by atoms with Crippen LogP contribution >= 0.6 is 12.4 Å². The number of carbonyl (C=O) groups excluding carboxylic acids is 1. The van der Waals surface area contributed by atoms with Gasteiger partial charge in [-0.05, 0) is 31.6 Å². The first-order chi connectivity index (χ1) is 9.60. The van der Waals surface area contributed by atoms with Gasteiger partial charge in [-0.25, -0.2) is 0 Å². The van der Waals surface area contributed by atoms with E-state index in [9.17, 15) is 14.7 Å². The highest BCUT2D eigenvalue weighted by Gasteiger charge is 2.54. The number of aliphatic carboxylic acids is 1. The van der Waals surface area contributed by atoms with E-state index in [1.54, 1.807) is 0 Å². The van der Waals surface area contributed by atoms with E-state index in [1.165, 1.54) is 12.8 Å². The van der Waals surface area contributed by atoms with Crippen LogP contribution in [0.3, 0.4) is 0 Å². The number of nitrogens with one attached hydrogen (secondary N) is 1. The Morgan fingerprint density at radius 2 is 1.90 bits per heavy atom. The third kappa shape index (κ3) is 3.19. The summed E-state index contributed by atoms with van der Waals surface area (Å²) in [6.45, 7) is 1.68. The zero-order chi connectivity index (χ0) is 14.2. The number of amides is 1. The van der Waals surface area contributed by atoms with Gasteiger partial charge in [0, 0.05) is 19.1 Å². The molecule has 0 unspecified atom stereocenters. The van der Waals surface area contributed by atoms with Crippen LogP contribution in [0.25, 0.3) is 0 Å². The van der Waals surface area contributed by atoms with Gasteiger partial charge >= 0.3 is 5.97 Å². The minimum atomic E-state index is -0.668. The van der Waals surface area contributed by atoms with Crippen LogP contribution in [-0.2, 0) is 9.59 Å². The molecule has 21 heavy (non-hydrogen) atoms. The first kappa shape index (κ1) is 16.6. The first-order valence-electron chi connectivity index (χ1n) is 7.85. The van der Waals surface area contributed by atoms with Crippen molar-refractivity contribution in [2.75, 3.05) is 19.6 Å². The molecule has 2 aliphatic carbocycles. The summed E-state index contributed by atoms with van der Waals surface area (Å²) < 4.78 is 0. The predicted molar refractivity (Wildman–Crippen MR) is 81.5 cm³/mol. The number of fused-ring (bicyclic) bond motifs is 1. The molecule has 6 heteroatoms. The van der Waals surface area contributed by atoms with Crippen LogP contribution in [0.4, 0.5) is 0 Å². The van der Waals surface area contributed by atoms with Crippen LogP contribution in [0.2, 0.25) is 0 Å². The van der Waals surface area contributed by atoms with Crippen LogP contribution in [-0.4, -0.2) is 47.6 Å². The highest BCUT2D eigenvalue weighted by Crippen LogP contribution is 2.48. The van der Waals surface area contributed by atoms with Crippen molar-refractivity contribution >= 4 is 24.3 Å². The number of hydrogen-bond donors (Lipinski definition) is 2. The van der Waals surface area contributed by atoms with Crippen LogP contribution < -0.4 is 5.32 Å². The Morgan fingerprint density at radius 3 is 2.52 bits per heavy atom. The Morgan fingerprint density at radius 1 is 1.19 bits per heavy atom. The Bertz CT molecular complexity index is 412. The van der Waals surface area contributed by atoms with Crippen LogP contribution in [0.5, 0.6) is 0 Å². The van der Waals surface area contributed by atoms with Crippen molar-refractivity contribution in [1.29, 1.82) is 0 Å². The summed E-state index contributed by atoms with van der Waals surface area (Å²) in [6.07, 6.45) is 7.37. The molecule has 5 nitrogen and oxygen atoms in total. The topological polar surface area (TPSA) is 69.6 Å². The maximum absolute atomic E-state index is 12.0. The van der Waals surface area contributed by atoms with E-state index in [0.717, 1.165) is 38.6 Å². The summed E-state index contributed by atoms with van der Waals surface area (Å²) in [4.78, 5) is 25.7. The lowest BCUT2D eigenvalue weighted by molar-refractivity contribution is -0.149. The summed E-state index contributed by atoms with van der Waals surface area (Å²) >= 11 is 0. The van der Waals surface area contributed by atoms with E-state index in [-0.39, 0.29) is 24.2 Å². The van der Waals surface area contributed by atoms with E-state index in [4.69, 9.17) is 0 Å². The quantitative estimate of drug-likeness (QED) is 0.827. The fourth-order valence-electron chi connectivity index (χ4n) is 4.41. The normalized spacial score (nSPS) is 32.7. The number of carbonyl (C=O) groups is 2. The molecule has 2 saturated carbocycles. The van der Waals surface area contributed by atoms with Crippen molar-refractivity contribution in [3.8, 4) is 0 Å². The number of likely N-dealkylation sites (tertiary alicyclic amines) is 1. The van der Waals surface area contributed by atoms with Crippen molar-refractivity contribution < 1.29 is 14.7 Å². The minimum absolute atomic E-state index is 0. The summed E-state index contributed by atoms with van der Waals surface area (Å²) in [7, 11) is 0. The molecule has 0 aromatic rings. The Hall–Kier alpha value is -0.810. The largest absolute Gasteiger partial charge is 0.481 e. The van der Waals surface area contributed by atoms with Crippen LogP contribution in [0.15, 0.2) is 0 Å². The Balaban J connectivity index is 0.00000161. The molecule has 1 saturated heterocycles. The molecule has 120 valence electrons. The van der Waals surface area contributed by atoms with Gasteiger partial charge in [0.25, 0.3) is 0 Å². The fourth-order valence-corrected chi connectivity index (χ4v) is 4.41. The molecule has 0 spiro atoms. The maximum Gasteiger partial charge on any atom is 0.311 e. The molecule has 0 bridgehead atoms. The number of nitrogens with zero attached hydrogens (tertiary/aromatic N) is 1. The van der Waals surface area contributed by atoms with Crippen molar-refractivity contribution in [2.24, 2.45) is 11.3 Å². The van der Waals surface area contributed by atoms with Gasteiger partial charge in [0.1, 0.15) is 0 Å². The summed E-state index contributed by atoms with van der Waals surface area (Å²) in [5.41, 5.74) is -0.576. The molecule has 3 fully saturated rings. The lowest BCUT2D eigenvalue weighted by Crippen LogP contribution is -2.42.